The predicted molar refractivity (Wildman–Crippen MR) is 51.3 cm³/mol. The molecule has 0 radical (unpaired) electrons. The van der Waals surface area contributed by atoms with Gasteiger partial charge >= 0.3 is 0 Å². The molecule has 0 bridgehead atoms. The van der Waals surface area contributed by atoms with Crippen LogP contribution in [0, 0.1) is 5.92 Å². The summed E-state index contributed by atoms with van der Waals surface area (Å²) < 4.78 is 5.39. The van der Waals surface area contributed by atoms with E-state index in [0.29, 0.717) is 5.92 Å². The van der Waals surface area contributed by atoms with E-state index >= 15 is 0 Å². The summed E-state index contributed by atoms with van der Waals surface area (Å²) in [5.74, 6) is 0.468. The fourth-order valence-corrected chi connectivity index (χ4v) is 1.49. The smallest absolute Gasteiger partial charge is 0.243 e. The third-order valence-electron chi connectivity index (χ3n) is 2.39. The first kappa shape index (κ1) is 10.3. The normalized spacial score (nSPS) is 28.2. The Morgan fingerprint density at radius 2 is 2.46 bits per heavy atom. The average molecular weight is 183 g/mol. The molecule has 1 aliphatic rings. The van der Waals surface area contributed by atoms with E-state index in [-0.39, 0.29) is 12.0 Å². The van der Waals surface area contributed by atoms with E-state index < -0.39 is 0 Å². The summed E-state index contributed by atoms with van der Waals surface area (Å²) in [5, 5.41) is 2.85. The van der Waals surface area contributed by atoms with Crippen molar-refractivity contribution < 1.29 is 9.53 Å². The minimum absolute atomic E-state index is 0.0124. The largest absolute Gasteiger partial charge is 0.378 e. The molecule has 3 nitrogen and oxygen atoms in total. The fourth-order valence-electron chi connectivity index (χ4n) is 1.49. The van der Waals surface area contributed by atoms with Crippen LogP contribution in [-0.2, 0) is 9.53 Å². The van der Waals surface area contributed by atoms with Crippen molar-refractivity contribution in [3.8, 4) is 0 Å². The molecule has 1 saturated heterocycles. The molecule has 3 heteroatoms. The second kappa shape index (κ2) is 5.02. The van der Waals surface area contributed by atoms with Gasteiger partial charge in [0, 0.05) is 19.1 Å². The van der Waals surface area contributed by atoms with Gasteiger partial charge in [-0.1, -0.05) is 6.08 Å². The Morgan fingerprint density at radius 3 is 3.00 bits per heavy atom. The zero-order chi connectivity index (χ0) is 9.68. The van der Waals surface area contributed by atoms with Gasteiger partial charge in [0.15, 0.2) is 0 Å². The first-order valence-electron chi connectivity index (χ1n) is 4.76. The number of amides is 1. The lowest BCUT2D eigenvalue weighted by atomic mass is 10.0. The maximum Gasteiger partial charge on any atom is 0.243 e. The van der Waals surface area contributed by atoms with Crippen molar-refractivity contribution in [2.24, 2.45) is 5.92 Å². The summed E-state index contributed by atoms with van der Waals surface area (Å²) in [4.78, 5) is 11.1. The average Bonchev–Trinajstić information content (AvgIpc) is 2.48. The molecule has 2 atom stereocenters. The van der Waals surface area contributed by atoms with Crippen molar-refractivity contribution in [3.05, 3.63) is 12.2 Å². The van der Waals surface area contributed by atoms with E-state index in [4.69, 9.17) is 4.74 Å². The number of hydrogen-bond donors (Lipinski definition) is 1. The molecular formula is C10H17NO2. The number of rotatable bonds is 3. The topological polar surface area (TPSA) is 38.3 Å². The van der Waals surface area contributed by atoms with Crippen LogP contribution in [0.4, 0.5) is 0 Å². The van der Waals surface area contributed by atoms with E-state index in [0.717, 1.165) is 19.6 Å². The Morgan fingerprint density at radius 1 is 1.69 bits per heavy atom. The van der Waals surface area contributed by atoms with Crippen molar-refractivity contribution >= 4 is 5.91 Å². The van der Waals surface area contributed by atoms with Gasteiger partial charge in [-0.25, -0.2) is 0 Å². The maximum atomic E-state index is 11.1. The summed E-state index contributed by atoms with van der Waals surface area (Å²) in [5.41, 5.74) is 0. The summed E-state index contributed by atoms with van der Waals surface area (Å²) in [6, 6.07) is 0. The molecule has 13 heavy (non-hydrogen) atoms. The number of hydrogen-bond acceptors (Lipinski definition) is 2. The van der Waals surface area contributed by atoms with E-state index in [1.165, 1.54) is 0 Å². The van der Waals surface area contributed by atoms with Gasteiger partial charge in [-0.15, -0.1) is 0 Å². The summed E-state index contributed by atoms with van der Waals surface area (Å²) in [6.07, 6.45) is 4.62. The standard InChI is InChI=1S/C10H17NO2/c1-3-4-10(12)11-7-9-5-6-13-8(9)2/h3-4,8-9H,5-7H2,1-2H3,(H,11,12)/b4-3+. The molecular weight excluding hydrogens is 166 g/mol. The number of carbonyl (C=O) groups is 1. The third kappa shape index (κ3) is 3.19. The summed E-state index contributed by atoms with van der Waals surface area (Å²) in [7, 11) is 0. The van der Waals surface area contributed by atoms with Crippen LogP contribution in [0.5, 0.6) is 0 Å². The minimum Gasteiger partial charge on any atom is -0.378 e. The highest BCUT2D eigenvalue weighted by Gasteiger charge is 2.23. The molecule has 1 aliphatic heterocycles. The van der Waals surface area contributed by atoms with Crippen molar-refractivity contribution in [2.45, 2.75) is 26.4 Å². The monoisotopic (exact) mass is 183 g/mol. The Kier molecular flexibility index (Phi) is 3.96. The number of allylic oxidation sites excluding steroid dienone is 1. The van der Waals surface area contributed by atoms with Gasteiger partial charge in [0.1, 0.15) is 0 Å². The lowest BCUT2D eigenvalue weighted by molar-refractivity contribution is -0.116. The molecule has 1 rings (SSSR count). The molecule has 74 valence electrons. The maximum absolute atomic E-state index is 11.1. The van der Waals surface area contributed by atoms with Gasteiger partial charge < -0.3 is 10.1 Å². The Labute approximate surface area is 79.2 Å². The zero-order valence-electron chi connectivity index (χ0n) is 8.25. The molecule has 0 aromatic rings. The zero-order valence-corrected chi connectivity index (χ0v) is 8.25. The van der Waals surface area contributed by atoms with Gasteiger partial charge in [0.25, 0.3) is 0 Å². The van der Waals surface area contributed by atoms with E-state index in [2.05, 4.69) is 12.2 Å². The highest BCUT2D eigenvalue weighted by atomic mass is 16.5. The van der Waals surface area contributed by atoms with Gasteiger partial charge in [0.05, 0.1) is 6.10 Å². The molecule has 2 unspecified atom stereocenters. The van der Waals surface area contributed by atoms with Crippen molar-refractivity contribution in [1.82, 2.24) is 5.32 Å². The molecule has 0 aromatic carbocycles. The van der Waals surface area contributed by atoms with Crippen molar-refractivity contribution in [1.29, 1.82) is 0 Å². The SMILES string of the molecule is C/C=C/C(=O)NCC1CCOC1C. The van der Waals surface area contributed by atoms with Crippen molar-refractivity contribution in [2.75, 3.05) is 13.2 Å². The van der Waals surface area contributed by atoms with Crippen LogP contribution in [0.2, 0.25) is 0 Å². The van der Waals surface area contributed by atoms with Crippen LogP contribution in [0.25, 0.3) is 0 Å². The number of nitrogens with one attached hydrogen (secondary N) is 1. The Bertz CT molecular complexity index is 201. The lowest BCUT2D eigenvalue weighted by Crippen LogP contribution is -2.30. The fraction of sp³-hybridized carbons (Fsp3) is 0.700. The molecule has 0 aliphatic carbocycles. The Hall–Kier alpha value is -0.830. The summed E-state index contributed by atoms with van der Waals surface area (Å²) in [6.45, 7) is 5.44. The van der Waals surface area contributed by atoms with Crippen LogP contribution in [0.1, 0.15) is 20.3 Å². The van der Waals surface area contributed by atoms with Crippen LogP contribution in [0.15, 0.2) is 12.2 Å². The molecule has 1 N–H and O–H groups in total. The molecule has 1 amide bonds. The van der Waals surface area contributed by atoms with Crippen LogP contribution in [0.3, 0.4) is 0 Å². The van der Waals surface area contributed by atoms with Crippen LogP contribution < -0.4 is 5.32 Å². The number of carbonyl (C=O) groups excluding carboxylic acids is 1. The first-order chi connectivity index (χ1) is 6.24. The van der Waals surface area contributed by atoms with E-state index in [9.17, 15) is 4.79 Å². The molecule has 1 fully saturated rings. The molecule has 0 aromatic heterocycles. The second-order valence-electron chi connectivity index (χ2n) is 3.37. The molecule has 1 heterocycles. The van der Waals surface area contributed by atoms with Gasteiger partial charge in [-0.05, 0) is 26.3 Å². The van der Waals surface area contributed by atoms with Gasteiger partial charge in [-0.2, -0.15) is 0 Å². The van der Waals surface area contributed by atoms with E-state index in [1.54, 1.807) is 12.2 Å². The van der Waals surface area contributed by atoms with Crippen LogP contribution in [-0.4, -0.2) is 25.2 Å². The van der Waals surface area contributed by atoms with Gasteiger partial charge in [-0.3, -0.25) is 4.79 Å². The Balaban J connectivity index is 2.22. The van der Waals surface area contributed by atoms with E-state index in [1.807, 2.05) is 6.92 Å². The van der Waals surface area contributed by atoms with Gasteiger partial charge in [0.2, 0.25) is 5.91 Å². The van der Waals surface area contributed by atoms with Crippen molar-refractivity contribution in [3.63, 3.8) is 0 Å². The molecule has 0 saturated carbocycles. The second-order valence-corrected chi connectivity index (χ2v) is 3.37. The predicted octanol–water partition coefficient (Wildman–Crippen LogP) is 1.10. The summed E-state index contributed by atoms with van der Waals surface area (Å²) >= 11 is 0. The highest BCUT2D eigenvalue weighted by Crippen LogP contribution is 2.18. The minimum atomic E-state index is -0.0124. The lowest BCUT2D eigenvalue weighted by Gasteiger charge is -2.13. The molecule has 0 spiro atoms. The first-order valence-corrected chi connectivity index (χ1v) is 4.76. The quantitative estimate of drug-likeness (QED) is 0.665. The van der Waals surface area contributed by atoms with Crippen LogP contribution >= 0.6 is 0 Å². The highest BCUT2D eigenvalue weighted by molar-refractivity contribution is 5.87. The third-order valence-corrected chi connectivity index (χ3v) is 2.39. The number of ether oxygens (including phenoxy) is 1.